The molecule has 2 aliphatic rings. The second-order valence-electron chi connectivity index (χ2n) is 6.59. The molecular weight excluding hydrogens is 362 g/mol. The number of benzene rings is 1. The first kappa shape index (κ1) is 19.8. The summed E-state index contributed by atoms with van der Waals surface area (Å²) in [6.45, 7) is 7.82. The zero-order valence-corrected chi connectivity index (χ0v) is 16.6. The van der Waals surface area contributed by atoms with Crippen LogP contribution in [-0.2, 0) is 25.5 Å². The van der Waals surface area contributed by atoms with E-state index in [1.165, 1.54) is 0 Å². The third kappa shape index (κ3) is 3.83. The van der Waals surface area contributed by atoms with Crippen LogP contribution < -0.4 is 14.8 Å². The lowest BCUT2D eigenvalue weighted by molar-refractivity contribution is -0.140. The van der Waals surface area contributed by atoms with Crippen molar-refractivity contribution in [2.75, 3.05) is 20.0 Å². The zero-order valence-electron chi connectivity index (χ0n) is 16.6. The van der Waals surface area contributed by atoms with Gasteiger partial charge in [-0.05, 0) is 51.8 Å². The standard InChI is InChI=1S/C21H25NO6/c1-5-25-20(23)18-12(3)22-13(4)19(21(24)26-6-2)15(18)9-14-7-8-16-17(10-14)28-11-27-16/h7-8,10,15,22H,5-6,9,11H2,1-4H3. The van der Waals surface area contributed by atoms with E-state index in [-0.39, 0.29) is 20.0 Å². The Bertz CT molecular complexity index is 814. The Morgan fingerprint density at radius 2 is 1.57 bits per heavy atom. The molecule has 0 fully saturated rings. The van der Waals surface area contributed by atoms with Crippen LogP contribution in [0.5, 0.6) is 11.5 Å². The number of hydrogen-bond acceptors (Lipinski definition) is 7. The minimum Gasteiger partial charge on any atom is -0.463 e. The summed E-state index contributed by atoms with van der Waals surface area (Å²) in [6.07, 6.45) is 0.426. The third-order valence-electron chi connectivity index (χ3n) is 4.75. The first-order chi connectivity index (χ1) is 13.5. The molecular formula is C21H25NO6. The second kappa shape index (κ2) is 8.37. The average Bonchev–Trinajstić information content (AvgIpc) is 3.09. The topological polar surface area (TPSA) is 83.1 Å². The van der Waals surface area contributed by atoms with Crippen LogP contribution in [0.25, 0.3) is 0 Å². The van der Waals surface area contributed by atoms with Crippen LogP contribution in [0.3, 0.4) is 0 Å². The van der Waals surface area contributed by atoms with E-state index in [1.807, 2.05) is 32.0 Å². The van der Waals surface area contributed by atoms with Crippen molar-refractivity contribution in [3.8, 4) is 11.5 Å². The second-order valence-corrected chi connectivity index (χ2v) is 6.59. The highest BCUT2D eigenvalue weighted by molar-refractivity contribution is 5.97. The van der Waals surface area contributed by atoms with Gasteiger partial charge in [0.2, 0.25) is 6.79 Å². The van der Waals surface area contributed by atoms with Crippen LogP contribution in [0, 0.1) is 5.92 Å². The predicted molar refractivity (Wildman–Crippen MR) is 102 cm³/mol. The Labute approximate surface area is 164 Å². The van der Waals surface area contributed by atoms with Gasteiger partial charge in [-0.2, -0.15) is 0 Å². The van der Waals surface area contributed by atoms with Gasteiger partial charge >= 0.3 is 11.9 Å². The molecule has 0 radical (unpaired) electrons. The SMILES string of the molecule is CCOC(=O)C1=C(C)NC(C)=C(C(=O)OCC)C1Cc1ccc2c(c1)OCO2. The normalized spacial score (nSPS) is 16.1. The molecule has 1 aromatic carbocycles. The molecule has 28 heavy (non-hydrogen) atoms. The van der Waals surface area contributed by atoms with Crippen LogP contribution in [0.1, 0.15) is 33.3 Å². The van der Waals surface area contributed by atoms with E-state index in [0.717, 1.165) is 5.56 Å². The van der Waals surface area contributed by atoms with Crippen molar-refractivity contribution in [1.82, 2.24) is 5.32 Å². The molecule has 1 N–H and O–H groups in total. The minimum absolute atomic E-state index is 0.187. The van der Waals surface area contributed by atoms with Gasteiger partial charge in [0, 0.05) is 17.3 Å². The van der Waals surface area contributed by atoms with Gasteiger partial charge in [0.05, 0.1) is 24.4 Å². The molecule has 150 valence electrons. The van der Waals surface area contributed by atoms with Crippen molar-refractivity contribution < 1.29 is 28.5 Å². The number of ether oxygens (including phenoxy) is 4. The van der Waals surface area contributed by atoms with Crippen molar-refractivity contribution in [3.05, 3.63) is 46.3 Å². The van der Waals surface area contributed by atoms with Gasteiger partial charge in [0.25, 0.3) is 0 Å². The van der Waals surface area contributed by atoms with E-state index < -0.39 is 17.9 Å². The zero-order chi connectivity index (χ0) is 20.3. The summed E-state index contributed by atoms with van der Waals surface area (Å²) in [6, 6.07) is 5.62. The smallest absolute Gasteiger partial charge is 0.336 e. The first-order valence-electron chi connectivity index (χ1n) is 9.37. The number of carbonyl (C=O) groups is 2. The summed E-state index contributed by atoms with van der Waals surface area (Å²) < 4.78 is 21.3. The quantitative estimate of drug-likeness (QED) is 0.752. The van der Waals surface area contributed by atoms with Crippen LogP contribution >= 0.6 is 0 Å². The Balaban J connectivity index is 2.01. The number of esters is 2. The number of allylic oxidation sites excluding steroid dienone is 2. The van der Waals surface area contributed by atoms with E-state index in [0.29, 0.717) is 40.5 Å². The van der Waals surface area contributed by atoms with E-state index in [1.54, 1.807) is 13.8 Å². The van der Waals surface area contributed by atoms with Crippen molar-refractivity contribution in [2.45, 2.75) is 34.1 Å². The number of hydrogen-bond donors (Lipinski definition) is 1. The van der Waals surface area contributed by atoms with E-state index in [4.69, 9.17) is 18.9 Å². The molecule has 1 aromatic rings. The Hall–Kier alpha value is -2.96. The summed E-state index contributed by atoms with van der Waals surface area (Å²) in [5.74, 6) is -0.0215. The van der Waals surface area contributed by atoms with Gasteiger partial charge in [-0.25, -0.2) is 9.59 Å². The molecule has 0 aliphatic carbocycles. The molecule has 0 aromatic heterocycles. The molecule has 7 heteroatoms. The fraction of sp³-hybridized carbons (Fsp3) is 0.429. The third-order valence-corrected chi connectivity index (χ3v) is 4.75. The van der Waals surface area contributed by atoms with Crippen molar-refractivity contribution in [3.63, 3.8) is 0 Å². The number of carbonyl (C=O) groups excluding carboxylic acids is 2. The highest BCUT2D eigenvalue weighted by Crippen LogP contribution is 2.37. The average molecular weight is 387 g/mol. The van der Waals surface area contributed by atoms with E-state index in [9.17, 15) is 9.59 Å². The van der Waals surface area contributed by atoms with Crippen LogP contribution in [0.2, 0.25) is 0 Å². The number of dihydropyridines is 1. The monoisotopic (exact) mass is 387 g/mol. The minimum atomic E-state index is -0.486. The van der Waals surface area contributed by atoms with Crippen molar-refractivity contribution in [1.29, 1.82) is 0 Å². The lowest BCUT2D eigenvalue weighted by Crippen LogP contribution is -2.34. The molecule has 3 rings (SSSR count). The van der Waals surface area contributed by atoms with Gasteiger partial charge in [-0.3, -0.25) is 0 Å². The van der Waals surface area contributed by atoms with Crippen LogP contribution in [-0.4, -0.2) is 31.9 Å². The maximum Gasteiger partial charge on any atom is 0.336 e. The molecule has 7 nitrogen and oxygen atoms in total. The fourth-order valence-electron chi connectivity index (χ4n) is 3.60. The van der Waals surface area contributed by atoms with Crippen LogP contribution in [0.4, 0.5) is 0 Å². The number of fused-ring (bicyclic) bond motifs is 1. The maximum atomic E-state index is 12.7. The Kier molecular flexibility index (Phi) is 5.92. The molecule has 0 saturated carbocycles. The summed E-state index contributed by atoms with van der Waals surface area (Å²) in [7, 11) is 0. The molecule has 2 aliphatic heterocycles. The number of nitrogens with one attached hydrogen (secondary N) is 1. The lowest BCUT2D eigenvalue weighted by atomic mass is 9.81. The fourth-order valence-corrected chi connectivity index (χ4v) is 3.60. The number of rotatable bonds is 6. The van der Waals surface area contributed by atoms with Gasteiger partial charge in [0.15, 0.2) is 11.5 Å². The largest absolute Gasteiger partial charge is 0.463 e. The van der Waals surface area contributed by atoms with Gasteiger partial charge in [-0.1, -0.05) is 6.07 Å². The van der Waals surface area contributed by atoms with Crippen molar-refractivity contribution in [2.24, 2.45) is 5.92 Å². The Morgan fingerprint density at radius 3 is 2.14 bits per heavy atom. The predicted octanol–water partition coefficient (Wildman–Crippen LogP) is 2.85. The van der Waals surface area contributed by atoms with E-state index >= 15 is 0 Å². The highest BCUT2D eigenvalue weighted by Gasteiger charge is 2.37. The molecule has 2 heterocycles. The first-order valence-corrected chi connectivity index (χ1v) is 9.37. The van der Waals surface area contributed by atoms with Gasteiger partial charge < -0.3 is 24.3 Å². The molecule has 0 atom stereocenters. The highest BCUT2D eigenvalue weighted by atomic mass is 16.7. The summed E-state index contributed by atoms with van der Waals surface area (Å²) in [5, 5.41) is 3.13. The van der Waals surface area contributed by atoms with Gasteiger partial charge in [0.1, 0.15) is 0 Å². The molecule has 0 amide bonds. The molecule has 0 spiro atoms. The summed E-state index contributed by atoms with van der Waals surface area (Å²) in [4.78, 5) is 25.4. The van der Waals surface area contributed by atoms with Crippen LogP contribution in [0.15, 0.2) is 40.7 Å². The lowest BCUT2D eigenvalue weighted by Gasteiger charge is -2.30. The Morgan fingerprint density at radius 1 is 1.00 bits per heavy atom. The molecule has 0 saturated heterocycles. The van der Waals surface area contributed by atoms with Crippen molar-refractivity contribution >= 4 is 11.9 Å². The summed E-state index contributed by atoms with van der Waals surface area (Å²) >= 11 is 0. The maximum absolute atomic E-state index is 12.7. The van der Waals surface area contributed by atoms with E-state index in [2.05, 4.69) is 5.32 Å². The molecule has 0 unspecified atom stereocenters. The molecule has 0 bridgehead atoms. The van der Waals surface area contributed by atoms with Gasteiger partial charge in [-0.15, -0.1) is 0 Å². The summed E-state index contributed by atoms with van der Waals surface area (Å²) in [5.41, 5.74) is 3.14.